The van der Waals surface area contributed by atoms with Crippen molar-refractivity contribution in [1.82, 2.24) is 0 Å². The first-order chi connectivity index (χ1) is 6.56. The zero-order valence-corrected chi connectivity index (χ0v) is 7.49. The molecule has 0 bridgehead atoms. The van der Waals surface area contributed by atoms with E-state index in [4.69, 9.17) is 10.4 Å². The Kier molecular flexibility index (Phi) is 2.82. The minimum Gasteiger partial charge on any atom is -0.481 e. The molecule has 72 valence electrons. The van der Waals surface area contributed by atoms with Crippen LogP contribution in [-0.4, -0.2) is 11.1 Å². The Labute approximate surface area is 80.4 Å². The number of carboxylic acids is 1. The highest BCUT2D eigenvalue weighted by atomic mass is 19.1. The molecule has 14 heavy (non-hydrogen) atoms. The van der Waals surface area contributed by atoms with Gasteiger partial charge in [0.1, 0.15) is 11.9 Å². The van der Waals surface area contributed by atoms with E-state index in [0.29, 0.717) is 5.56 Å². The van der Waals surface area contributed by atoms with Gasteiger partial charge < -0.3 is 5.11 Å². The van der Waals surface area contributed by atoms with E-state index in [2.05, 4.69) is 0 Å². The topological polar surface area (TPSA) is 61.1 Å². The van der Waals surface area contributed by atoms with Gasteiger partial charge in [-0.05, 0) is 24.6 Å². The third-order valence-corrected chi connectivity index (χ3v) is 1.98. The second-order valence-corrected chi connectivity index (χ2v) is 2.91. The van der Waals surface area contributed by atoms with Gasteiger partial charge in [0.05, 0.1) is 11.5 Å². The van der Waals surface area contributed by atoms with Crippen molar-refractivity contribution in [2.75, 3.05) is 0 Å². The summed E-state index contributed by atoms with van der Waals surface area (Å²) in [4.78, 5) is 10.6. The first kappa shape index (κ1) is 10.2. The summed E-state index contributed by atoms with van der Waals surface area (Å²) < 4.78 is 12.9. The minimum absolute atomic E-state index is 0.129. The first-order valence-corrected chi connectivity index (χ1v) is 3.98. The highest BCUT2D eigenvalue weighted by molar-refractivity contribution is 5.75. The minimum atomic E-state index is -1.000. The average molecular weight is 193 g/mol. The molecule has 0 aliphatic heterocycles. The number of carboxylic acid groups (broad SMARTS) is 1. The second kappa shape index (κ2) is 3.88. The molecule has 0 saturated carbocycles. The lowest BCUT2D eigenvalue weighted by Gasteiger charge is -2.06. The highest BCUT2D eigenvalue weighted by Gasteiger charge is 2.15. The summed E-state index contributed by atoms with van der Waals surface area (Å²) in [5.74, 6) is -2.36. The zero-order chi connectivity index (χ0) is 10.7. The van der Waals surface area contributed by atoms with Gasteiger partial charge in [0.2, 0.25) is 0 Å². The normalized spacial score (nSPS) is 11.8. The molecule has 0 heterocycles. The molecule has 1 rings (SSSR count). The van der Waals surface area contributed by atoms with Gasteiger partial charge in [-0.3, -0.25) is 4.79 Å². The lowest BCUT2D eigenvalue weighted by atomic mass is 9.99. The lowest BCUT2D eigenvalue weighted by molar-refractivity contribution is -0.138. The van der Waals surface area contributed by atoms with Crippen LogP contribution in [0.4, 0.5) is 4.39 Å². The van der Waals surface area contributed by atoms with E-state index >= 15 is 0 Å². The van der Waals surface area contributed by atoms with Crippen molar-refractivity contribution in [3.05, 3.63) is 35.1 Å². The van der Waals surface area contributed by atoms with Crippen molar-refractivity contribution >= 4 is 5.97 Å². The molecule has 0 radical (unpaired) electrons. The standard InChI is InChI=1S/C10H8FNO2/c1-6(10(13)14)7-2-3-9(11)8(4-7)5-12/h2-4,6H,1H3,(H,13,14)/t6-/m1/s1. The molecule has 3 nitrogen and oxygen atoms in total. The molecular formula is C10H8FNO2. The number of halogens is 1. The van der Waals surface area contributed by atoms with Gasteiger partial charge >= 0.3 is 5.97 Å². The Morgan fingerprint density at radius 3 is 2.79 bits per heavy atom. The highest BCUT2D eigenvalue weighted by Crippen LogP contribution is 2.18. The van der Waals surface area contributed by atoms with E-state index in [1.165, 1.54) is 19.1 Å². The molecule has 0 aromatic heterocycles. The summed E-state index contributed by atoms with van der Waals surface area (Å²) in [5.41, 5.74) is 0.297. The molecular weight excluding hydrogens is 185 g/mol. The van der Waals surface area contributed by atoms with Crippen molar-refractivity contribution in [3.8, 4) is 6.07 Å². The lowest BCUT2D eigenvalue weighted by Crippen LogP contribution is -2.07. The maximum atomic E-state index is 12.9. The van der Waals surface area contributed by atoms with E-state index < -0.39 is 17.7 Å². The van der Waals surface area contributed by atoms with Gasteiger partial charge in [-0.25, -0.2) is 4.39 Å². The number of hydrogen-bond acceptors (Lipinski definition) is 2. The number of nitriles is 1. The number of carbonyl (C=O) groups is 1. The van der Waals surface area contributed by atoms with Gasteiger partial charge in [-0.15, -0.1) is 0 Å². The van der Waals surface area contributed by atoms with Crippen molar-refractivity contribution in [2.45, 2.75) is 12.8 Å². The molecule has 1 atom stereocenters. The summed E-state index contributed by atoms with van der Waals surface area (Å²) in [6, 6.07) is 5.39. The molecule has 0 saturated heterocycles. The van der Waals surface area contributed by atoms with Crippen LogP contribution < -0.4 is 0 Å². The monoisotopic (exact) mass is 193 g/mol. The molecule has 1 aromatic rings. The van der Waals surface area contributed by atoms with Gasteiger partial charge in [-0.1, -0.05) is 6.07 Å². The van der Waals surface area contributed by atoms with Crippen molar-refractivity contribution < 1.29 is 14.3 Å². The summed E-state index contributed by atoms with van der Waals surface area (Å²) in [6.45, 7) is 1.48. The number of hydrogen-bond donors (Lipinski definition) is 1. The van der Waals surface area contributed by atoms with E-state index in [1.807, 2.05) is 0 Å². The van der Waals surface area contributed by atoms with Gasteiger partial charge in [-0.2, -0.15) is 5.26 Å². The fourth-order valence-electron chi connectivity index (χ4n) is 1.04. The van der Waals surface area contributed by atoms with E-state index in [1.54, 1.807) is 6.07 Å². The number of benzene rings is 1. The molecule has 0 unspecified atom stereocenters. The van der Waals surface area contributed by atoms with Gasteiger partial charge in [0.25, 0.3) is 0 Å². The van der Waals surface area contributed by atoms with Crippen LogP contribution in [0.5, 0.6) is 0 Å². The predicted molar refractivity (Wildman–Crippen MR) is 47.2 cm³/mol. The Hall–Kier alpha value is -1.89. The largest absolute Gasteiger partial charge is 0.481 e. The quantitative estimate of drug-likeness (QED) is 0.780. The van der Waals surface area contributed by atoms with Crippen molar-refractivity contribution in [3.63, 3.8) is 0 Å². The smallest absolute Gasteiger partial charge is 0.310 e. The SMILES string of the molecule is C[C@@H](C(=O)O)c1ccc(F)c(C#N)c1. The third kappa shape index (κ3) is 1.88. The fourth-order valence-corrected chi connectivity index (χ4v) is 1.04. The van der Waals surface area contributed by atoms with E-state index in [9.17, 15) is 9.18 Å². The Bertz CT molecular complexity index is 409. The van der Waals surface area contributed by atoms with E-state index in [0.717, 1.165) is 6.07 Å². The van der Waals surface area contributed by atoms with Crippen molar-refractivity contribution in [2.24, 2.45) is 0 Å². The molecule has 4 heteroatoms. The first-order valence-electron chi connectivity index (χ1n) is 3.98. The maximum Gasteiger partial charge on any atom is 0.310 e. The van der Waals surface area contributed by atoms with Crippen LogP contribution in [0.2, 0.25) is 0 Å². The van der Waals surface area contributed by atoms with Crippen LogP contribution >= 0.6 is 0 Å². The van der Waals surface area contributed by atoms with Crippen LogP contribution in [-0.2, 0) is 4.79 Å². The van der Waals surface area contributed by atoms with Crippen LogP contribution in [0.1, 0.15) is 24.0 Å². The molecule has 1 N–H and O–H groups in total. The number of aliphatic carboxylic acids is 1. The fraction of sp³-hybridized carbons (Fsp3) is 0.200. The van der Waals surface area contributed by atoms with Crippen LogP contribution in [0.3, 0.4) is 0 Å². The van der Waals surface area contributed by atoms with Crippen LogP contribution in [0.15, 0.2) is 18.2 Å². The predicted octanol–water partition coefficient (Wildman–Crippen LogP) is 1.89. The second-order valence-electron chi connectivity index (χ2n) is 2.91. The van der Waals surface area contributed by atoms with Gasteiger partial charge in [0, 0.05) is 0 Å². The average Bonchev–Trinajstić information content (AvgIpc) is 2.17. The van der Waals surface area contributed by atoms with Crippen molar-refractivity contribution in [1.29, 1.82) is 5.26 Å². The van der Waals surface area contributed by atoms with Crippen LogP contribution in [0, 0.1) is 17.1 Å². The molecule has 0 aliphatic carbocycles. The Morgan fingerprint density at radius 2 is 2.29 bits per heavy atom. The maximum absolute atomic E-state index is 12.9. The molecule has 0 aliphatic rings. The molecule has 1 aromatic carbocycles. The third-order valence-electron chi connectivity index (χ3n) is 1.98. The number of rotatable bonds is 2. The summed E-state index contributed by atoms with van der Waals surface area (Å²) in [6.07, 6.45) is 0. The van der Waals surface area contributed by atoms with Crippen LogP contribution in [0.25, 0.3) is 0 Å². The Morgan fingerprint density at radius 1 is 1.64 bits per heavy atom. The Balaban J connectivity index is 3.14. The zero-order valence-electron chi connectivity index (χ0n) is 7.49. The summed E-state index contributed by atoms with van der Waals surface area (Å²) in [7, 11) is 0. The van der Waals surface area contributed by atoms with Gasteiger partial charge in [0.15, 0.2) is 0 Å². The summed E-state index contributed by atoms with van der Waals surface area (Å²) in [5, 5.41) is 17.2. The molecule has 0 amide bonds. The van der Waals surface area contributed by atoms with E-state index in [-0.39, 0.29) is 5.56 Å². The molecule has 0 spiro atoms. The number of nitrogens with zero attached hydrogens (tertiary/aromatic N) is 1. The molecule has 0 fully saturated rings. The summed E-state index contributed by atoms with van der Waals surface area (Å²) >= 11 is 0.